The Morgan fingerprint density at radius 2 is 2.28 bits per heavy atom. The van der Waals surface area contributed by atoms with Crippen LogP contribution in [0.5, 0.6) is 0 Å². The Morgan fingerprint density at radius 1 is 1.44 bits per heavy atom. The van der Waals surface area contributed by atoms with Gasteiger partial charge in [-0.25, -0.2) is 4.68 Å². The van der Waals surface area contributed by atoms with Crippen molar-refractivity contribution in [1.29, 1.82) is 0 Å². The van der Waals surface area contributed by atoms with Crippen LogP contribution in [0.3, 0.4) is 0 Å². The van der Waals surface area contributed by atoms with Crippen LogP contribution < -0.4 is 5.32 Å². The molecule has 0 aliphatic carbocycles. The SMILES string of the molecule is FC(F)(F)c1cc2n(n1)C(c1cccs1)CCN2. The van der Waals surface area contributed by atoms with Gasteiger partial charge in [-0.05, 0) is 17.9 Å². The van der Waals surface area contributed by atoms with E-state index in [1.165, 1.54) is 16.0 Å². The van der Waals surface area contributed by atoms with Crippen molar-refractivity contribution in [2.75, 3.05) is 11.9 Å². The fraction of sp³-hybridized carbons (Fsp3) is 0.364. The third-order valence-electron chi connectivity index (χ3n) is 2.92. The molecule has 0 aromatic carbocycles. The van der Waals surface area contributed by atoms with Gasteiger partial charge in [0.2, 0.25) is 0 Å². The maximum absolute atomic E-state index is 12.6. The van der Waals surface area contributed by atoms with Gasteiger partial charge in [0.05, 0.1) is 6.04 Å². The molecule has 7 heteroatoms. The van der Waals surface area contributed by atoms with Crippen LogP contribution in [-0.2, 0) is 6.18 Å². The Balaban J connectivity index is 2.03. The van der Waals surface area contributed by atoms with Gasteiger partial charge in [-0.15, -0.1) is 11.3 Å². The van der Waals surface area contributed by atoms with Crippen molar-refractivity contribution in [3.63, 3.8) is 0 Å². The summed E-state index contributed by atoms with van der Waals surface area (Å²) in [6.45, 7) is 0.658. The number of thiophene rings is 1. The fourth-order valence-corrected chi connectivity index (χ4v) is 2.95. The minimum absolute atomic E-state index is 0.0997. The second-order valence-electron chi connectivity index (χ2n) is 4.10. The largest absolute Gasteiger partial charge is 0.435 e. The van der Waals surface area contributed by atoms with Gasteiger partial charge in [-0.3, -0.25) is 0 Å². The molecule has 3 rings (SSSR count). The van der Waals surface area contributed by atoms with Crippen molar-refractivity contribution in [2.24, 2.45) is 0 Å². The molecule has 1 unspecified atom stereocenters. The van der Waals surface area contributed by atoms with Gasteiger partial charge in [-0.2, -0.15) is 18.3 Å². The zero-order chi connectivity index (χ0) is 12.8. The molecule has 1 aliphatic rings. The van der Waals surface area contributed by atoms with Gasteiger partial charge < -0.3 is 5.32 Å². The van der Waals surface area contributed by atoms with E-state index in [1.807, 2.05) is 17.5 Å². The molecule has 1 aliphatic heterocycles. The van der Waals surface area contributed by atoms with Crippen LogP contribution in [0.1, 0.15) is 23.0 Å². The number of rotatable bonds is 1. The quantitative estimate of drug-likeness (QED) is 0.863. The van der Waals surface area contributed by atoms with Crippen molar-refractivity contribution in [2.45, 2.75) is 18.6 Å². The summed E-state index contributed by atoms with van der Waals surface area (Å²) in [5.41, 5.74) is -0.839. The molecule has 18 heavy (non-hydrogen) atoms. The Hall–Kier alpha value is -1.50. The van der Waals surface area contributed by atoms with Crippen LogP contribution in [0.15, 0.2) is 23.6 Å². The minimum atomic E-state index is -4.40. The van der Waals surface area contributed by atoms with E-state index >= 15 is 0 Å². The van der Waals surface area contributed by atoms with E-state index in [9.17, 15) is 13.2 Å². The lowest BCUT2D eigenvalue weighted by Gasteiger charge is -2.24. The molecule has 3 heterocycles. The molecule has 2 aromatic rings. The van der Waals surface area contributed by atoms with Gasteiger partial charge in [0.1, 0.15) is 5.82 Å². The maximum Gasteiger partial charge on any atom is 0.435 e. The summed E-state index contributed by atoms with van der Waals surface area (Å²) in [6.07, 6.45) is -3.65. The third kappa shape index (κ3) is 1.88. The van der Waals surface area contributed by atoms with E-state index in [1.54, 1.807) is 0 Å². The van der Waals surface area contributed by atoms with E-state index in [4.69, 9.17) is 0 Å². The molecule has 0 amide bonds. The van der Waals surface area contributed by atoms with E-state index < -0.39 is 11.9 Å². The first-order valence-electron chi connectivity index (χ1n) is 5.50. The smallest absolute Gasteiger partial charge is 0.370 e. The van der Waals surface area contributed by atoms with Gasteiger partial charge >= 0.3 is 6.18 Å². The highest BCUT2D eigenvalue weighted by molar-refractivity contribution is 7.10. The van der Waals surface area contributed by atoms with Crippen molar-refractivity contribution < 1.29 is 13.2 Å². The molecular weight excluding hydrogens is 263 g/mol. The van der Waals surface area contributed by atoms with Gasteiger partial charge in [0.25, 0.3) is 0 Å². The van der Waals surface area contributed by atoms with Gasteiger partial charge in [-0.1, -0.05) is 6.07 Å². The summed E-state index contributed by atoms with van der Waals surface area (Å²) in [4.78, 5) is 1.04. The van der Waals surface area contributed by atoms with Crippen molar-refractivity contribution in [3.05, 3.63) is 34.2 Å². The van der Waals surface area contributed by atoms with Crippen molar-refractivity contribution >= 4 is 17.2 Å². The average Bonchev–Trinajstić information content (AvgIpc) is 2.96. The second kappa shape index (κ2) is 4.01. The summed E-state index contributed by atoms with van der Waals surface area (Å²) in [6, 6.07) is 4.80. The summed E-state index contributed by atoms with van der Waals surface area (Å²) < 4.78 is 39.4. The molecule has 0 saturated carbocycles. The summed E-state index contributed by atoms with van der Waals surface area (Å²) in [5.74, 6) is 0.437. The fourth-order valence-electron chi connectivity index (χ4n) is 2.11. The van der Waals surface area contributed by atoms with E-state index in [2.05, 4.69) is 10.4 Å². The van der Waals surface area contributed by atoms with Crippen LogP contribution in [0.25, 0.3) is 0 Å². The summed E-state index contributed by atoms with van der Waals surface area (Å²) in [5, 5.41) is 8.57. The van der Waals surface area contributed by atoms with Crippen LogP contribution in [0, 0.1) is 0 Å². The number of aromatic nitrogens is 2. The number of nitrogens with one attached hydrogen (secondary N) is 1. The topological polar surface area (TPSA) is 29.9 Å². The van der Waals surface area contributed by atoms with Crippen molar-refractivity contribution in [3.8, 4) is 0 Å². The Bertz CT molecular complexity index is 544. The first-order valence-corrected chi connectivity index (χ1v) is 6.38. The summed E-state index contributed by atoms with van der Waals surface area (Å²) in [7, 11) is 0. The first-order chi connectivity index (χ1) is 8.55. The maximum atomic E-state index is 12.6. The highest BCUT2D eigenvalue weighted by Gasteiger charge is 2.36. The number of alkyl halides is 3. The molecule has 0 saturated heterocycles. The van der Waals surface area contributed by atoms with E-state index in [0.29, 0.717) is 12.4 Å². The molecule has 1 atom stereocenters. The van der Waals surface area contributed by atoms with E-state index in [-0.39, 0.29) is 6.04 Å². The molecule has 0 spiro atoms. The molecule has 3 nitrogen and oxygen atoms in total. The van der Waals surface area contributed by atoms with Crippen LogP contribution >= 0.6 is 11.3 Å². The number of nitrogens with zero attached hydrogens (tertiary/aromatic N) is 2. The number of hydrogen-bond acceptors (Lipinski definition) is 3. The normalized spacial score (nSPS) is 19.4. The van der Waals surface area contributed by atoms with Gasteiger partial charge in [0, 0.05) is 17.5 Å². The standard InChI is InChI=1S/C11H10F3N3S/c12-11(13,14)9-6-10-15-4-3-7(17(10)16-9)8-2-1-5-18-8/h1-2,5-7,15H,3-4H2. The number of anilines is 1. The van der Waals surface area contributed by atoms with Crippen LogP contribution in [0.2, 0.25) is 0 Å². The lowest BCUT2D eigenvalue weighted by molar-refractivity contribution is -0.141. The third-order valence-corrected chi connectivity index (χ3v) is 3.89. The molecule has 0 radical (unpaired) electrons. The minimum Gasteiger partial charge on any atom is -0.370 e. The zero-order valence-corrected chi connectivity index (χ0v) is 10.1. The predicted octanol–water partition coefficient (Wildman–Crippen LogP) is 3.37. The number of hydrogen-bond donors (Lipinski definition) is 1. The molecule has 0 fully saturated rings. The highest BCUT2D eigenvalue weighted by atomic mass is 32.1. The van der Waals surface area contributed by atoms with Gasteiger partial charge in [0.15, 0.2) is 5.69 Å². The highest BCUT2D eigenvalue weighted by Crippen LogP contribution is 2.36. The Labute approximate surface area is 105 Å². The summed E-state index contributed by atoms with van der Waals surface area (Å²) >= 11 is 1.54. The average molecular weight is 273 g/mol. The molecule has 2 aromatic heterocycles. The first kappa shape index (κ1) is 11.6. The number of fused-ring (bicyclic) bond motifs is 1. The second-order valence-corrected chi connectivity index (χ2v) is 5.08. The lowest BCUT2D eigenvalue weighted by Crippen LogP contribution is -2.23. The van der Waals surface area contributed by atoms with Crippen LogP contribution in [0.4, 0.5) is 19.0 Å². The van der Waals surface area contributed by atoms with Crippen molar-refractivity contribution in [1.82, 2.24) is 9.78 Å². The molecule has 0 bridgehead atoms. The predicted molar refractivity (Wildman–Crippen MR) is 62.8 cm³/mol. The van der Waals surface area contributed by atoms with Crippen LogP contribution in [-0.4, -0.2) is 16.3 Å². The Morgan fingerprint density at radius 3 is 2.94 bits per heavy atom. The molecule has 96 valence electrons. The monoisotopic (exact) mass is 273 g/mol. The van der Waals surface area contributed by atoms with E-state index in [0.717, 1.165) is 17.4 Å². The zero-order valence-electron chi connectivity index (χ0n) is 9.24. The molecular formula is C11H10F3N3S. The Kier molecular flexibility index (Phi) is 2.58. The lowest BCUT2D eigenvalue weighted by atomic mass is 10.1. The number of halogens is 3. The molecule has 1 N–H and O–H groups in total.